The highest BCUT2D eigenvalue weighted by atomic mass is 32.1. The molecule has 0 unspecified atom stereocenters. The first-order valence-corrected chi connectivity index (χ1v) is 8.68. The van der Waals surface area contributed by atoms with Gasteiger partial charge in [-0.1, -0.05) is 60.7 Å². The van der Waals surface area contributed by atoms with E-state index in [0.29, 0.717) is 11.4 Å². The lowest BCUT2D eigenvalue weighted by Gasteiger charge is -2.03. The standard InChI is InChI=1S/C19H14N4OS/c24-17(13-23-21-19(20-22-23)18-7-4-12-25-18)16-10-8-15(9-11-16)14-5-2-1-3-6-14/h1-12H,13H2. The number of benzene rings is 2. The summed E-state index contributed by atoms with van der Waals surface area (Å²) in [6.45, 7) is 0.0725. The summed E-state index contributed by atoms with van der Waals surface area (Å²) in [6, 6.07) is 21.5. The van der Waals surface area contributed by atoms with Crippen LogP contribution in [0.2, 0.25) is 0 Å². The SMILES string of the molecule is O=C(Cn1nnc(-c2cccs2)n1)c1ccc(-c2ccccc2)cc1. The number of ketones is 1. The summed E-state index contributed by atoms with van der Waals surface area (Å²) in [5.41, 5.74) is 2.84. The molecule has 0 aliphatic rings. The highest BCUT2D eigenvalue weighted by molar-refractivity contribution is 7.13. The Labute approximate surface area is 148 Å². The summed E-state index contributed by atoms with van der Waals surface area (Å²) < 4.78 is 0. The van der Waals surface area contributed by atoms with Gasteiger partial charge in [-0.2, -0.15) is 4.80 Å². The molecule has 0 aliphatic heterocycles. The third-order valence-electron chi connectivity index (χ3n) is 3.79. The second-order valence-electron chi connectivity index (χ2n) is 5.49. The zero-order valence-electron chi connectivity index (χ0n) is 13.2. The van der Waals surface area contributed by atoms with Crippen LogP contribution in [-0.2, 0) is 6.54 Å². The molecular formula is C19H14N4OS. The summed E-state index contributed by atoms with van der Waals surface area (Å²) in [5, 5.41) is 14.2. The molecule has 0 spiro atoms. The molecule has 0 bridgehead atoms. The second kappa shape index (κ2) is 6.78. The zero-order chi connectivity index (χ0) is 17.1. The number of nitrogens with zero attached hydrogens (tertiary/aromatic N) is 4. The van der Waals surface area contributed by atoms with Crippen molar-refractivity contribution in [1.82, 2.24) is 20.2 Å². The summed E-state index contributed by atoms with van der Waals surface area (Å²) in [5.74, 6) is 0.497. The third-order valence-corrected chi connectivity index (χ3v) is 4.66. The number of carbonyl (C=O) groups is 1. The van der Waals surface area contributed by atoms with Crippen molar-refractivity contribution in [3.05, 3.63) is 77.7 Å². The fourth-order valence-electron chi connectivity index (χ4n) is 2.51. The van der Waals surface area contributed by atoms with E-state index in [1.165, 1.54) is 4.80 Å². The first-order valence-electron chi connectivity index (χ1n) is 7.80. The van der Waals surface area contributed by atoms with E-state index in [2.05, 4.69) is 15.4 Å². The van der Waals surface area contributed by atoms with E-state index in [1.54, 1.807) is 11.3 Å². The molecule has 0 amide bonds. The van der Waals surface area contributed by atoms with Gasteiger partial charge in [0.2, 0.25) is 5.82 Å². The van der Waals surface area contributed by atoms with Crippen LogP contribution < -0.4 is 0 Å². The Balaban J connectivity index is 1.48. The number of Topliss-reactive ketones (excluding diaryl/α,β-unsaturated/α-hetero) is 1. The average Bonchev–Trinajstić information content (AvgIpc) is 3.34. The van der Waals surface area contributed by atoms with Gasteiger partial charge in [0, 0.05) is 5.56 Å². The van der Waals surface area contributed by atoms with Crippen LogP contribution in [0.25, 0.3) is 21.8 Å². The Morgan fingerprint density at radius 1 is 0.920 bits per heavy atom. The molecule has 0 aliphatic carbocycles. The quantitative estimate of drug-likeness (QED) is 0.513. The normalized spacial score (nSPS) is 10.7. The summed E-state index contributed by atoms with van der Waals surface area (Å²) >= 11 is 1.54. The van der Waals surface area contributed by atoms with E-state index < -0.39 is 0 Å². The van der Waals surface area contributed by atoms with Crippen molar-refractivity contribution in [1.29, 1.82) is 0 Å². The van der Waals surface area contributed by atoms with Crippen LogP contribution in [-0.4, -0.2) is 26.0 Å². The van der Waals surface area contributed by atoms with Crippen molar-refractivity contribution >= 4 is 17.1 Å². The van der Waals surface area contributed by atoms with Gasteiger partial charge in [0.05, 0.1) is 4.88 Å². The fraction of sp³-hybridized carbons (Fsp3) is 0.0526. The molecule has 0 fully saturated rings. The van der Waals surface area contributed by atoms with Gasteiger partial charge in [-0.25, -0.2) is 0 Å². The summed E-state index contributed by atoms with van der Waals surface area (Å²) in [4.78, 5) is 14.7. The van der Waals surface area contributed by atoms with Crippen LogP contribution in [0.5, 0.6) is 0 Å². The molecule has 0 atom stereocenters. The molecule has 4 rings (SSSR count). The van der Waals surface area contributed by atoms with E-state index in [-0.39, 0.29) is 12.3 Å². The Hall–Kier alpha value is -3.12. The number of tetrazole rings is 1. The van der Waals surface area contributed by atoms with Crippen LogP contribution in [0.15, 0.2) is 72.1 Å². The van der Waals surface area contributed by atoms with Crippen molar-refractivity contribution in [3.63, 3.8) is 0 Å². The third kappa shape index (κ3) is 3.39. The number of rotatable bonds is 5. The molecule has 122 valence electrons. The topological polar surface area (TPSA) is 60.7 Å². The zero-order valence-corrected chi connectivity index (χ0v) is 14.1. The predicted molar refractivity (Wildman–Crippen MR) is 97.3 cm³/mol. The van der Waals surface area contributed by atoms with E-state index in [0.717, 1.165) is 16.0 Å². The Morgan fingerprint density at radius 2 is 1.68 bits per heavy atom. The molecular weight excluding hydrogens is 332 g/mol. The minimum atomic E-state index is -0.0465. The van der Waals surface area contributed by atoms with Gasteiger partial charge in [-0.05, 0) is 27.8 Å². The van der Waals surface area contributed by atoms with Crippen molar-refractivity contribution in [2.75, 3.05) is 0 Å². The molecule has 25 heavy (non-hydrogen) atoms. The minimum Gasteiger partial charge on any atom is -0.292 e. The van der Waals surface area contributed by atoms with Crippen LogP contribution >= 0.6 is 11.3 Å². The molecule has 2 aromatic heterocycles. The van der Waals surface area contributed by atoms with Gasteiger partial charge in [0.25, 0.3) is 0 Å². The lowest BCUT2D eigenvalue weighted by molar-refractivity contribution is 0.0961. The van der Waals surface area contributed by atoms with Gasteiger partial charge >= 0.3 is 0 Å². The molecule has 0 saturated heterocycles. The smallest absolute Gasteiger partial charge is 0.214 e. The van der Waals surface area contributed by atoms with E-state index in [9.17, 15) is 4.79 Å². The van der Waals surface area contributed by atoms with Gasteiger partial charge in [0.1, 0.15) is 6.54 Å². The van der Waals surface area contributed by atoms with E-state index >= 15 is 0 Å². The molecule has 2 heterocycles. The largest absolute Gasteiger partial charge is 0.292 e. The monoisotopic (exact) mass is 346 g/mol. The fourth-order valence-corrected chi connectivity index (χ4v) is 3.16. The molecule has 2 aromatic carbocycles. The Kier molecular flexibility index (Phi) is 4.18. The maximum Gasteiger partial charge on any atom is 0.214 e. The van der Waals surface area contributed by atoms with Crippen LogP contribution in [0.3, 0.4) is 0 Å². The van der Waals surface area contributed by atoms with E-state index in [1.807, 2.05) is 72.1 Å². The molecule has 0 N–H and O–H groups in total. The highest BCUT2D eigenvalue weighted by Gasteiger charge is 2.11. The van der Waals surface area contributed by atoms with Crippen molar-refractivity contribution < 1.29 is 4.79 Å². The van der Waals surface area contributed by atoms with Gasteiger partial charge in [-0.15, -0.1) is 21.5 Å². The Morgan fingerprint density at radius 3 is 2.40 bits per heavy atom. The molecule has 0 radical (unpaired) electrons. The van der Waals surface area contributed by atoms with Crippen molar-refractivity contribution in [2.45, 2.75) is 6.54 Å². The summed E-state index contributed by atoms with van der Waals surface area (Å²) in [6.07, 6.45) is 0. The minimum absolute atomic E-state index is 0.0465. The predicted octanol–water partition coefficient (Wildman–Crippen LogP) is 3.95. The number of carbonyl (C=O) groups excluding carboxylic acids is 1. The first kappa shape index (κ1) is 15.4. The van der Waals surface area contributed by atoms with Crippen molar-refractivity contribution in [2.24, 2.45) is 0 Å². The number of hydrogen-bond acceptors (Lipinski definition) is 5. The van der Waals surface area contributed by atoms with Gasteiger partial charge in [-0.3, -0.25) is 4.79 Å². The molecule has 5 nitrogen and oxygen atoms in total. The molecule has 4 aromatic rings. The summed E-state index contributed by atoms with van der Waals surface area (Å²) in [7, 11) is 0. The van der Waals surface area contributed by atoms with Gasteiger partial charge in [0.15, 0.2) is 5.78 Å². The van der Waals surface area contributed by atoms with E-state index in [4.69, 9.17) is 0 Å². The lowest BCUT2D eigenvalue weighted by atomic mass is 10.0. The maximum atomic E-state index is 12.4. The van der Waals surface area contributed by atoms with Gasteiger partial charge < -0.3 is 0 Å². The average molecular weight is 346 g/mol. The highest BCUT2D eigenvalue weighted by Crippen LogP contribution is 2.20. The Bertz CT molecular complexity index is 976. The van der Waals surface area contributed by atoms with Crippen LogP contribution in [0, 0.1) is 0 Å². The van der Waals surface area contributed by atoms with Crippen LogP contribution in [0.4, 0.5) is 0 Å². The first-order chi connectivity index (χ1) is 12.3. The molecule has 6 heteroatoms. The number of aromatic nitrogens is 4. The lowest BCUT2D eigenvalue weighted by Crippen LogP contribution is -2.13. The maximum absolute atomic E-state index is 12.4. The van der Waals surface area contributed by atoms with Crippen LogP contribution in [0.1, 0.15) is 10.4 Å². The molecule has 0 saturated carbocycles. The number of hydrogen-bond donors (Lipinski definition) is 0. The van der Waals surface area contributed by atoms with Crippen molar-refractivity contribution in [3.8, 4) is 21.8 Å². The second-order valence-corrected chi connectivity index (χ2v) is 6.43. The number of thiophene rings is 1.